The summed E-state index contributed by atoms with van der Waals surface area (Å²) in [5.74, 6) is 0.613. The van der Waals surface area contributed by atoms with Crippen molar-refractivity contribution in [2.45, 2.75) is 19.3 Å². The van der Waals surface area contributed by atoms with Crippen LogP contribution in [0.2, 0.25) is 5.02 Å². The third-order valence-corrected chi connectivity index (χ3v) is 5.12. The highest BCUT2D eigenvalue weighted by molar-refractivity contribution is 6.31. The van der Waals surface area contributed by atoms with Gasteiger partial charge in [-0.3, -0.25) is 0 Å². The van der Waals surface area contributed by atoms with Crippen molar-refractivity contribution in [2.75, 3.05) is 19.0 Å². The second kappa shape index (κ2) is 7.56. The maximum Gasteiger partial charge on any atom is 0.335 e. The van der Waals surface area contributed by atoms with Gasteiger partial charge in [-0.1, -0.05) is 17.7 Å². The minimum Gasteiger partial charge on any atom is -0.496 e. The summed E-state index contributed by atoms with van der Waals surface area (Å²) in [5.41, 5.74) is 3.61. The Morgan fingerprint density at radius 2 is 2.11 bits per heavy atom. The van der Waals surface area contributed by atoms with Gasteiger partial charge >= 0.3 is 5.97 Å². The van der Waals surface area contributed by atoms with Gasteiger partial charge in [-0.2, -0.15) is 5.10 Å². The first-order valence-electron chi connectivity index (χ1n) is 9.12. The number of hydrogen-bond acceptors (Lipinski definition) is 4. The zero-order chi connectivity index (χ0) is 19.7. The molecule has 0 bridgehead atoms. The summed E-state index contributed by atoms with van der Waals surface area (Å²) in [7, 11) is 1.62. The summed E-state index contributed by atoms with van der Waals surface area (Å²) in [6.45, 7) is 0.837. The molecule has 0 saturated heterocycles. The van der Waals surface area contributed by atoms with Gasteiger partial charge < -0.3 is 15.2 Å². The summed E-state index contributed by atoms with van der Waals surface area (Å²) in [5, 5.41) is 18.3. The molecule has 2 aromatic carbocycles. The van der Waals surface area contributed by atoms with Crippen molar-refractivity contribution in [1.82, 2.24) is 9.78 Å². The van der Waals surface area contributed by atoms with Crippen molar-refractivity contribution in [3.05, 3.63) is 58.6 Å². The SMILES string of the molecule is COc1ccc(Cl)cc1-c1nn(-c2cccc(C(=O)O)c2)c2c1CCCCN2. The average molecular weight is 398 g/mol. The molecule has 2 heterocycles. The van der Waals surface area contributed by atoms with Crippen LogP contribution < -0.4 is 10.1 Å². The number of aromatic carboxylic acids is 1. The third kappa shape index (κ3) is 3.31. The van der Waals surface area contributed by atoms with Crippen LogP contribution in [-0.4, -0.2) is 34.5 Å². The van der Waals surface area contributed by atoms with E-state index in [0.29, 0.717) is 16.5 Å². The van der Waals surface area contributed by atoms with E-state index in [0.717, 1.165) is 48.4 Å². The van der Waals surface area contributed by atoms with Gasteiger partial charge in [0, 0.05) is 22.7 Å². The number of benzene rings is 2. The molecule has 4 rings (SSSR count). The minimum atomic E-state index is -0.968. The van der Waals surface area contributed by atoms with Gasteiger partial charge in [0.05, 0.1) is 18.4 Å². The molecule has 1 aromatic heterocycles. The van der Waals surface area contributed by atoms with E-state index in [1.54, 1.807) is 36.1 Å². The predicted octanol–water partition coefficient (Wildman–Crippen LogP) is 4.65. The van der Waals surface area contributed by atoms with Crippen molar-refractivity contribution >= 4 is 23.4 Å². The Morgan fingerprint density at radius 1 is 1.25 bits per heavy atom. The van der Waals surface area contributed by atoms with Gasteiger partial charge in [-0.05, 0) is 55.7 Å². The Morgan fingerprint density at radius 3 is 2.89 bits per heavy atom. The number of ether oxygens (including phenoxy) is 1. The molecular weight excluding hydrogens is 378 g/mol. The zero-order valence-corrected chi connectivity index (χ0v) is 16.2. The number of methoxy groups -OCH3 is 1. The highest BCUT2D eigenvalue weighted by Gasteiger charge is 2.24. The van der Waals surface area contributed by atoms with Crippen LogP contribution in [0.4, 0.5) is 5.82 Å². The summed E-state index contributed by atoms with van der Waals surface area (Å²) >= 11 is 6.25. The summed E-state index contributed by atoms with van der Waals surface area (Å²) in [4.78, 5) is 11.4. The highest BCUT2D eigenvalue weighted by atomic mass is 35.5. The van der Waals surface area contributed by atoms with E-state index in [4.69, 9.17) is 21.4 Å². The molecule has 0 saturated carbocycles. The number of halogens is 1. The molecule has 2 N–H and O–H groups in total. The maximum absolute atomic E-state index is 11.4. The van der Waals surface area contributed by atoms with Crippen molar-refractivity contribution in [2.24, 2.45) is 0 Å². The van der Waals surface area contributed by atoms with Crippen molar-refractivity contribution in [3.8, 4) is 22.7 Å². The fraction of sp³-hybridized carbons (Fsp3) is 0.238. The van der Waals surface area contributed by atoms with E-state index in [2.05, 4.69) is 5.32 Å². The van der Waals surface area contributed by atoms with Crippen molar-refractivity contribution in [3.63, 3.8) is 0 Å². The Kier molecular flexibility index (Phi) is 4.96. The molecule has 0 fully saturated rings. The molecule has 7 heteroatoms. The van der Waals surface area contributed by atoms with E-state index < -0.39 is 5.97 Å². The second-order valence-electron chi connectivity index (χ2n) is 6.67. The number of anilines is 1. The van der Waals surface area contributed by atoms with E-state index in [-0.39, 0.29) is 5.56 Å². The summed E-state index contributed by atoms with van der Waals surface area (Å²) in [6, 6.07) is 12.2. The molecule has 0 atom stereocenters. The fourth-order valence-electron chi connectivity index (χ4n) is 3.54. The number of carbonyl (C=O) groups is 1. The van der Waals surface area contributed by atoms with E-state index >= 15 is 0 Å². The summed E-state index contributed by atoms with van der Waals surface area (Å²) in [6.07, 6.45) is 2.96. The van der Waals surface area contributed by atoms with E-state index in [1.165, 1.54) is 0 Å². The number of carboxylic acid groups (broad SMARTS) is 1. The van der Waals surface area contributed by atoms with Gasteiger partial charge in [0.1, 0.15) is 17.3 Å². The maximum atomic E-state index is 11.4. The number of aromatic nitrogens is 2. The number of hydrogen-bond donors (Lipinski definition) is 2. The number of nitrogens with one attached hydrogen (secondary N) is 1. The molecule has 0 unspecified atom stereocenters. The lowest BCUT2D eigenvalue weighted by atomic mass is 10.0. The molecule has 3 aromatic rings. The monoisotopic (exact) mass is 397 g/mol. The Labute approximate surface area is 167 Å². The van der Waals surface area contributed by atoms with Crippen LogP contribution in [-0.2, 0) is 6.42 Å². The first-order valence-corrected chi connectivity index (χ1v) is 9.49. The molecule has 0 spiro atoms. The number of carboxylic acids is 1. The lowest BCUT2D eigenvalue weighted by Crippen LogP contribution is -2.08. The van der Waals surface area contributed by atoms with Crippen LogP contribution in [0.3, 0.4) is 0 Å². The van der Waals surface area contributed by atoms with Crippen molar-refractivity contribution in [1.29, 1.82) is 0 Å². The molecule has 0 amide bonds. The standard InChI is InChI=1S/C21H20ClN3O3/c1-28-18-9-8-14(22)12-17(18)19-16-7-2-3-10-23-20(16)25(24-19)15-6-4-5-13(11-15)21(26)27/h4-6,8-9,11-12,23H,2-3,7,10H2,1H3,(H,26,27). The van der Waals surface area contributed by atoms with Crippen LogP contribution in [0.5, 0.6) is 5.75 Å². The lowest BCUT2D eigenvalue weighted by Gasteiger charge is -2.09. The average Bonchev–Trinajstić information content (AvgIpc) is 2.88. The zero-order valence-electron chi connectivity index (χ0n) is 15.4. The first kappa shape index (κ1) is 18.4. The molecule has 1 aliphatic rings. The first-order chi connectivity index (χ1) is 13.6. The van der Waals surface area contributed by atoms with Crippen LogP contribution in [0.15, 0.2) is 42.5 Å². The highest BCUT2D eigenvalue weighted by Crippen LogP contribution is 2.39. The Bertz CT molecular complexity index is 1050. The van der Waals surface area contributed by atoms with Crippen LogP contribution in [0.25, 0.3) is 16.9 Å². The molecule has 1 aliphatic heterocycles. The molecule has 28 heavy (non-hydrogen) atoms. The normalized spacial score (nSPS) is 13.4. The number of nitrogens with zero attached hydrogens (tertiary/aromatic N) is 2. The van der Waals surface area contributed by atoms with E-state index in [1.807, 2.05) is 18.2 Å². The summed E-state index contributed by atoms with van der Waals surface area (Å²) < 4.78 is 7.32. The van der Waals surface area contributed by atoms with Crippen LogP contribution in [0, 0.1) is 0 Å². The lowest BCUT2D eigenvalue weighted by molar-refractivity contribution is 0.0697. The molecule has 0 radical (unpaired) electrons. The third-order valence-electron chi connectivity index (χ3n) is 4.88. The molecule has 0 aliphatic carbocycles. The Balaban J connectivity index is 1.94. The van der Waals surface area contributed by atoms with Crippen LogP contribution >= 0.6 is 11.6 Å². The van der Waals surface area contributed by atoms with E-state index in [9.17, 15) is 9.90 Å². The van der Waals surface area contributed by atoms with Gasteiger partial charge in [0.15, 0.2) is 0 Å². The minimum absolute atomic E-state index is 0.220. The number of rotatable bonds is 4. The van der Waals surface area contributed by atoms with Gasteiger partial charge in [-0.15, -0.1) is 0 Å². The largest absolute Gasteiger partial charge is 0.496 e. The fourth-order valence-corrected chi connectivity index (χ4v) is 3.71. The topological polar surface area (TPSA) is 76.4 Å². The molecule has 144 valence electrons. The van der Waals surface area contributed by atoms with Gasteiger partial charge in [-0.25, -0.2) is 9.48 Å². The van der Waals surface area contributed by atoms with Gasteiger partial charge in [0.2, 0.25) is 0 Å². The molecule has 6 nitrogen and oxygen atoms in total. The molecular formula is C21H20ClN3O3. The van der Waals surface area contributed by atoms with Gasteiger partial charge in [0.25, 0.3) is 0 Å². The van der Waals surface area contributed by atoms with Crippen molar-refractivity contribution < 1.29 is 14.6 Å². The Hall–Kier alpha value is -2.99. The predicted molar refractivity (Wildman–Crippen MR) is 109 cm³/mol. The van der Waals surface area contributed by atoms with Crippen LogP contribution in [0.1, 0.15) is 28.8 Å². The second-order valence-corrected chi connectivity index (χ2v) is 7.11. The number of fused-ring (bicyclic) bond motifs is 1. The quantitative estimate of drug-likeness (QED) is 0.670. The smallest absolute Gasteiger partial charge is 0.335 e.